The van der Waals surface area contributed by atoms with Crippen molar-refractivity contribution in [2.75, 3.05) is 0 Å². The zero-order chi connectivity index (χ0) is 13.5. The number of thiophene rings is 1. The number of aliphatic hydroxyl groups is 1. The van der Waals surface area contributed by atoms with E-state index in [0.29, 0.717) is 0 Å². The van der Waals surface area contributed by atoms with Gasteiger partial charge in [-0.2, -0.15) is 0 Å². The van der Waals surface area contributed by atoms with Crippen molar-refractivity contribution in [2.45, 2.75) is 70.3 Å². The molecule has 2 rings (SSSR count). The molecule has 1 aromatic heterocycles. The van der Waals surface area contributed by atoms with Gasteiger partial charge in [0.05, 0.1) is 6.10 Å². The minimum atomic E-state index is -0.236. The summed E-state index contributed by atoms with van der Waals surface area (Å²) in [7, 11) is 0. The lowest BCUT2D eigenvalue weighted by molar-refractivity contribution is 0.167. The number of fused-ring (bicyclic) bond motifs is 1. The maximum atomic E-state index is 10.3. The van der Waals surface area contributed by atoms with E-state index in [9.17, 15) is 5.11 Å². The number of hydrogen-bond donors (Lipinski definition) is 1. The third-order valence-corrected chi connectivity index (χ3v) is 5.32. The second kappa shape index (κ2) is 7.86. The molecule has 1 N–H and O–H groups in total. The molecule has 19 heavy (non-hydrogen) atoms. The average molecular weight is 278 g/mol. The van der Waals surface area contributed by atoms with Crippen LogP contribution < -0.4 is 0 Å². The van der Waals surface area contributed by atoms with E-state index in [1.165, 1.54) is 55.4 Å². The molecule has 0 saturated heterocycles. The van der Waals surface area contributed by atoms with Crippen LogP contribution in [0.25, 0.3) is 0 Å². The second-order valence-corrected chi connectivity index (χ2v) is 6.77. The fourth-order valence-corrected chi connectivity index (χ4v) is 4.08. The maximum absolute atomic E-state index is 10.3. The van der Waals surface area contributed by atoms with Crippen LogP contribution in [0.3, 0.4) is 0 Å². The molecule has 2 heteroatoms. The Bertz CT molecular complexity index is 370. The first-order valence-corrected chi connectivity index (χ1v) is 8.53. The Morgan fingerprint density at radius 3 is 2.89 bits per heavy atom. The fourth-order valence-electron chi connectivity index (χ4n) is 2.80. The van der Waals surface area contributed by atoms with Gasteiger partial charge in [-0.25, -0.2) is 0 Å². The van der Waals surface area contributed by atoms with Crippen LogP contribution in [-0.4, -0.2) is 5.11 Å². The van der Waals surface area contributed by atoms with Crippen LogP contribution >= 0.6 is 11.3 Å². The normalized spacial score (nSPS) is 16.7. The average Bonchev–Trinajstić information content (AvgIpc) is 2.70. The van der Waals surface area contributed by atoms with E-state index in [1.54, 1.807) is 4.88 Å². The van der Waals surface area contributed by atoms with Gasteiger partial charge in [-0.1, -0.05) is 25.3 Å². The lowest BCUT2D eigenvalue weighted by Gasteiger charge is -2.07. The van der Waals surface area contributed by atoms with Gasteiger partial charge in [0, 0.05) is 9.75 Å². The van der Waals surface area contributed by atoms with Gasteiger partial charge in [0.2, 0.25) is 0 Å². The molecule has 0 amide bonds. The van der Waals surface area contributed by atoms with E-state index in [0.717, 1.165) is 19.3 Å². The largest absolute Gasteiger partial charge is 0.388 e. The van der Waals surface area contributed by atoms with Crippen LogP contribution in [-0.2, 0) is 12.8 Å². The first-order chi connectivity index (χ1) is 9.31. The Hall–Kier alpha value is -0.600. The number of hydrogen-bond acceptors (Lipinski definition) is 2. The summed E-state index contributed by atoms with van der Waals surface area (Å²) in [6.07, 6.45) is 13.7. The number of aliphatic hydroxyl groups excluding tert-OH is 1. The molecular weight excluding hydrogens is 252 g/mol. The third kappa shape index (κ3) is 4.47. The summed E-state index contributed by atoms with van der Waals surface area (Å²) in [5.41, 5.74) is 1.52. The number of unbranched alkanes of at least 4 members (excludes halogenated alkanes) is 3. The molecule has 0 aromatic carbocycles. The predicted octanol–water partition coefficient (Wildman–Crippen LogP) is 5.19. The molecule has 1 aliphatic carbocycles. The summed E-state index contributed by atoms with van der Waals surface area (Å²) < 4.78 is 0. The highest BCUT2D eigenvalue weighted by molar-refractivity contribution is 7.12. The number of aryl methyl sites for hydroxylation is 2. The van der Waals surface area contributed by atoms with Crippen molar-refractivity contribution in [2.24, 2.45) is 0 Å². The second-order valence-electron chi connectivity index (χ2n) is 5.60. The Kier molecular flexibility index (Phi) is 6.12. The molecule has 1 atom stereocenters. The summed E-state index contributed by atoms with van der Waals surface area (Å²) in [5.74, 6) is 0. The SMILES string of the molecule is C=CCCCCCC(O)c1cc2c(s1)CCCCC2. The Labute approximate surface area is 121 Å². The number of allylic oxidation sites excluding steroid dienone is 1. The van der Waals surface area contributed by atoms with Crippen molar-refractivity contribution in [1.29, 1.82) is 0 Å². The topological polar surface area (TPSA) is 20.2 Å². The molecule has 1 aromatic rings. The molecule has 1 unspecified atom stereocenters. The van der Waals surface area contributed by atoms with Crippen LogP contribution in [0.15, 0.2) is 18.7 Å². The van der Waals surface area contributed by atoms with Crippen LogP contribution in [0.4, 0.5) is 0 Å². The molecule has 0 aliphatic heterocycles. The van der Waals surface area contributed by atoms with Gasteiger partial charge >= 0.3 is 0 Å². The van der Waals surface area contributed by atoms with Crippen molar-refractivity contribution >= 4 is 11.3 Å². The molecule has 0 bridgehead atoms. The standard InChI is InChI=1S/C17H26OS/c1-2-3-4-5-8-11-15(18)17-13-14-10-7-6-9-12-16(14)19-17/h2,13,15,18H,1,3-12H2. The summed E-state index contributed by atoms with van der Waals surface area (Å²) in [6, 6.07) is 2.28. The zero-order valence-electron chi connectivity index (χ0n) is 11.9. The molecule has 106 valence electrons. The van der Waals surface area contributed by atoms with E-state index >= 15 is 0 Å². The van der Waals surface area contributed by atoms with E-state index in [1.807, 2.05) is 17.4 Å². The predicted molar refractivity (Wildman–Crippen MR) is 83.8 cm³/mol. The van der Waals surface area contributed by atoms with E-state index in [4.69, 9.17) is 0 Å². The third-order valence-electron chi connectivity index (χ3n) is 3.98. The molecule has 1 aliphatic rings. The molecular formula is C17H26OS. The van der Waals surface area contributed by atoms with Gasteiger partial charge in [0.1, 0.15) is 0 Å². The van der Waals surface area contributed by atoms with Crippen LogP contribution in [0.1, 0.15) is 72.8 Å². The van der Waals surface area contributed by atoms with Gasteiger partial charge in [0.15, 0.2) is 0 Å². The van der Waals surface area contributed by atoms with Gasteiger partial charge in [-0.15, -0.1) is 17.9 Å². The Balaban J connectivity index is 1.82. The van der Waals surface area contributed by atoms with Crippen molar-refractivity contribution in [3.8, 4) is 0 Å². The van der Waals surface area contributed by atoms with E-state index in [2.05, 4.69) is 12.6 Å². The molecule has 0 radical (unpaired) electrons. The minimum absolute atomic E-state index is 0.236. The summed E-state index contributed by atoms with van der Waals surface area (Å²) in [4.78, 5) is 2.74. The summed E-state index contributed by atoms with van der Waals surface area (Å²) >= 11 is 1.86. The van der Waals surface area contributed by atoms with Gasteiger partial charge in [-0.3, -0.25) is 0 Å². The highest BCUT2D eigenvalue weighted by Crippen LogP contribution is 2.33. The highest BCUT2D eigenvalue weighted by atomic mass is 32.1. The molecule has 1 heterocycles. The smallest absolute Gasteiger partial charge is 0.0882 e. The molecule has 0 fully saturated rings. The lowest BCUT2D eigenvalue weighted by Crippen LogP contribution is -1.94. The van der Waals surface area contributed by atoms with Crippen LogP contribution in [0.5, 0.6) is 0 Å². The first kappa shape index (κ1) is 14.8. The minimum Gasteiger partial charge on any atom is -0.388 e. The zero-order valence-corrected chi connectivity index (χ0v) is 12.7. The van der Waals surface area contributed by atoms with Gasteiger partial charge in [-0.05, 0) is 56.6 Å². The summed E-state index contributed by atoms with van der Waals surface area (Å²) in [5, 5.41) is 10.3. The van der Waals surface area contributed by atoms with Crippen molar-refractivity contribution in [1.82, 2.24) is 0 Å². The monoisotopic (exact) mass is 278 g/mol. The van der Waals surface area contributed by atoms with Crippen molar-refractivity contribution < 1.29 is 5.11 Å². The van der Waals surface area contributed by atoms with E-state index in [-0.39, 0.29) is 6.10 Å². The first-order valence-electron chi connectivity index (χ1n) is 7.71. The molecule has 0 spiro atoms. The van der Waals surface area contributed by atoms with Crippen molar-refractivity contribution in [3.63, 3.8) is 0 Å². The highest BCUT2D eigenvalue weighted by Gasteiger charge is 2.16. The fraction of sp³-hybridized carbons (Fsp3) is 0.647. The van der Waals surface area contributed by atoms with E-state index < -0.39 is 0 Å². The van der Waals surface area contributed by atoms with Crippen LogP contribution in [0.2, 0.25) is 0 Å². The molecule has 1 nitrogen and oxygen atoms in total. The Morgan fingerprint density at radius 1 is 1.21 bits per heavy atom. The van der Waals surface area contributed by atoms with Crippen LogP contribution in [0, 0.1) is 0 Å². The number of rotatable bonds is 7. The maximum Gasteiger partial charge on any atom is 0.0882 e. The Morgan fingerprint density at radius 2 is 2.05 bits per heavy atom. The lowest BCUT2D eigenvalue weighted by atomic mass is 10.1. The van der Waals surface area contributed by atoms with Gasteiger partial charge in [0.25, 0.3) is 0 Å². The molecule has 0 saturated carbocycles. The van der Waals surface area contributed by atoms with Crippen molar-refractivity contribution in [3.05, 3.63) is 34.0 Å². The van der Waals surface area contributed by atoms with Gasteiger partial charge < -0.3 is 5.11 Å². The summed E-state index contributed by atoms with van der Waals surface area (Å²) in [6.45, 7) is 3.74. The quantitative estimate of drug-likeness (QED) is 0.413.